The Bertz CT molecular complexity index is 990. The van der Waals surface area contributed by atoms with Crippen LogP contribution in [-0.2, 0) is 11.2 Å². The van der Waals surface area contributed by atoms with Crippen LogP contribution in [0, 0.1) is 11.3 Å². The highest BCUT2D eigenvalue weighted by atomic mass is 32.1. The number of fused-ring (bicyclic) bond motifs is 1. The number of benzene rings is 2. The number of rotatable bonds is 4. The quantitative estimate of drug-likeness (QED) is 0.745. The van der Waals surface area contributed by atoms with E-state index in [1.165, 1.54) is 16.0 Å². The van der Waals surface area contributed by atoms with Crippen LogP contribution in [0.2, 0.25) is 0 Å². The zero-order valence-electron chi connectivity index (χ0n) is 14.8. The molecule has 0 aliphatic carbocycles. The molecule has 1 atom stereocenters. The monoisotopic (exact) mass is 373 g/mol. The van der Waals surface area contributed by atoms with Gasteiger partial charge in [-0.25, -0.2) is 0 Å². The molecule has 1 amide bonds. The maximum atomic E-state index is 12.7. The van der Waals surface area contributed by atoms with Gasteiger partial charge in [-0.15, -0.1) is 11.3 Å². The molecule has 3 aromatic rings. The van der Waals surface area contributed by atoms with Crippen molar-refractivity contribution in [2.75, 3.05) is 18.4 Å². The predicted octanol–water partition coefficient (Wildman–Crippen LogP) is 4.21. The van der Waals surface area contributed by atoms with Crippen molar-refractivity contribution in [1.29, 1.82) is 5.26 Å². The number of nitrogens with one attached hydrogen (secondary N) is 1. The lowest BCUT2D eigenvalue weighted by Gasteiger charge is -2.35. The highest BCUT2D eigenvalue weighted by Gasteiger charge is 2.30. The van der Waals surface area contributed by atoms with Gasteiger partial charge in [-0.2, -0.15) is 5.26 Å². The van der Waals surface area contributed by atoms with Gasteiger partial charge in [0.1, 0.15) is 6.07 Å². The predicted molar refractivity (Wildman–Crippen MR) is 108 cm³/mol. The number of amides is 1. The van der Waals surface area contributed by atoms with Gasteiger partial charge in [-0.05, 0) is 41.1 Å². The average Bonchev–Trinajstić information content (AvgIpc) is 3.17. The Balaban J connectivity index is 1.57. The van der Waals surface area contributed by atoms with E-state index in [2.05, 4.69) is 39.9 Å². The summed E-state index contributed by atoms with van der Waals surface area (Å²) in [6.07, 6.45) is 0.957. The van der Waals surface area contributed by atoms with Gasteiger partial charge >= 0.3 is 0 Å². The Morgan fingerprint density at radius 1 is 1.15 bits per heavy atom. The van der Waals surface area contributed by atoms with E-state index in [-0.39, 0.29) is 18.5 Å². The van der Waals surface area contributed by atoms with Gasteiger partial charge in [0.05, 0.1) is 23.8 Å². The summed E-state index contributed by atoms with van der Waals surface area (Å²) in [5.74, 6) is -0.0997. The first-order chi connectivity index (χ1) is 13.3. The lowest BCUT2D eigenvalue weighted by atomic mass is 9.93. The first kappa shape index (κ1) is 17.5. The first-order valence-electron chi connectivity index (χ1n) is 8.90. The highest BCUT2D eigenvalue weighted by Crippen LogP contribution is 2.37. The normalized spacial score (nSPS) is 16.3. The number of nitriles is 1. The third-order valence-electron chi connectivity index (χ3n) is 4.85. The molecule has 134 valence electrons. The minimum atomic E-state index is -0.0997. The molecule has 1 N–H and O–H groups in total. The Kier molecular flexibility index (Phi) is 5.01. The summed E-state index contributed by atoms with van der Waals surface area (Å²) in [5.41, 5.74) is 3.53. The van der Waals surface area contributed by atoms with Crippen LogP contribution in [0.15, 0.2) is 66.0 Å². The number of anilines is 1. The molecule has 5 heteroatoms. The summed E-state index contributed by atoms with van der Waals surface area (Å²) in [5, 5.41) is 14.2. The van der Waals surface area contributed by atoms with E-state index in [9.17, 15) is 10.1 Å². The second-order valence-corrected chi connectivity index (χ2v) is 7.54. The van der Waals surface area contributed by atoms with Crippen molar-refractivity contribution in [1.82, 2.24) is 4.90 Å². The van der Waals surface area contributed by atoms with Crippen molar-refractivity contribution < 1.29 is 4.79 Å². The van der Waals surface area contributed by atoms with Crippen LogP contribution in [0.3, 0.4) is 0 Å². The number of carbonyl (C=O) groups is 1. The van der Waals surface area contributed by atoms with Crippen molar-refractivity contribution in [2.45, 2.75) is 12.5 Å². The van der Waals surface area contributed by atoms with Crippen molar-refractivity contribution >= 4 is 22.9 Å². The second kappa shape index (κ2) is 7.75. The van der Waals surface area contributed by atoms with Gasteiger partial charge in [-0.1, -0.05) is 42.5 Å². The third kappa shape index (κ3) is 3.63. The maximum Gasteiger partial charge on any atom is 0.238 e. The van der Waals surface area contributed by atoms with Gasteiger partial charge in [0, 0.05) is 11.4 Å². The van der Waals surface area contributed by atoms with Crippen LogP contribution in [-0.4, -0.2) is 23.9 Å². The van der Waals surface area contributed by atoms with Crippen molar-refractivity contribution in [3.05, 3.63) is 87.6 Å². The molecule has 0 radical (unpaired) electrons. The topological polar surface area (TPSA) is 56.1 Å². The largest absolute Gasteiger partial charge is 0.324 e. The lowest BCUT2D eigenvalue weighted by Crippen LogP contribution is -2.40. The molecule has 4 nitrogen and oxygen atoms in total. The Hall–Kier alpha value is -2.94. The number of para-hydroxylation sites is 1. The third-order valence-corrected chi connectivity index (χ3v) is 5.85. The van der Waals surface area contributed by atoms with Gasteiger partial charge < -0.3 is 5.32 Å². The fourth-order valence-corrected chi connectivity index (χ4v) is 4.53. The van der Waals surface area contributed by atoms with Crippen LogP contribution in [0.5, 0.6) is 0 Å². The Morgan fingerprint density at radius 3 is 2.74 bits per heavy atom. The van der Waals surface area contributed by atoms with Crippen LogP contribution >= 0.6 is 11.3 Å². The summed E-state index contributed by atoms with van der Waals surface area (Å²) in [7, 11) is 0. The summed E-state index contributed by atoms with van der Waals surface area (Å²) in [6, 6.07) is 21.8. The summed E-state index contributed by atoms with van der Waals surface area (Å²) < 4.78 is 0. The fraction of sp³-hybridized carbons (Fsp3) is 0.182. The van der Waals surface area contributed by atoms with E-state index in [1.807, 2.05) is 24.3 Å². The Morgan fingerprint density at radius 2 is 1.93 bits per heavy atom. The molecule has 27 heavy (non-hydrogen) atoms. The minimum Gasteiger partial charge on any atom is -0.324 e. The van der Waals surface area contributed by atoms with Crippen molar-refractivity contribution in [3.63, 3.8) is 0 Å². The zero-order chi connectivity index (χ0) is 18.6. The average molecular weight is 373 g/mol. The molecule has 4 rings (SSSR count). The molecule has 1 aliphatic heterocycles. The van der Waals surface area contributed by atoms with Crippen LogP contribution in [0.25, 0.3) is 0 Å². The minimum absolute atomic E-state index is 0.0816. The fourth-order valence-electron chi connectivity index (χ4n) is 3.63. The molecule has 0 unspecified atom stereocenters. The number of carbonyl (C=O) groups excluding carboxylic acids is 1. The van der Waals surface area contributed by atoms with Gasteiger partial charge in [0.15, 0.2) is 0 Å². The number of hydrogen-bond acceptors (Lipinski definition) is 4. The molecule has 1 aliphatic rings. The maximum absolute atomic E-state index is 12.7. The molecule has 0 bridgehead atoms. The molecule has 0 saturated carbocycles. The lowest BCUT2D eigenvalue weighted by molar-refractivity contribution is -0.117. The molecule has 0 spiro atoms. The number of thiophene rings is 1. The van der Waals surface area contributed by atoms with E-state index >= 15 is 0 Å². The number of hydrogen-bond donors (Lipinski definition) is 1. The van der Waals surface area contributed by atoms with E-state index in [0.717, 1.165) is 13.0 Å². The SMILES string of the molecule is N#Cc1ccccc1NC(=O)CN1CCc2sccc2[C@@H]1c1ccccc1. The smallest absolute Gasteiger partial charge is 0.238 e. The van der Waals surface area contributed by atoms with Crippen LogP contribution in [0.4, 0.5) is 5.69 Å². The van der Waals surface area contributed by atoms with E-state index in [0.29, 0.717) is 11.3 Å². The second-order valence-electron chi connectivity index (χ2n) is 6.54. The molecule has 1 aromatic heterocycles. The molecule has 2 heterocycles. The van der Waals surface area contributed by atoms with E-state index in [1.54, 1.807) is 29.5 Å². The highest BCUT2D eigenvalue weighted by molar-refractivity contribution is 7.10. The molecular weight excluding hydrogens is 354 g/mol. The molecule has 0 fully saturated rings. The van der Waals surface area contributed by atoms with Crippen LogP contribution in [0.1, 0.15) is 27.6 Å². The molecule has 2 aromatic carbocycles. The van der Waals surface area contributed by atoms with E-state index in [4.69, 9.17) is 0 Å². The standard InChI is InChI=1S/C22H19N3OS/c23-14-17-8-4-5-9-19(17)24-21(26)15-25-12-10-20-18(11-13-27-20)22(25)16-6-2-1-3-7-16/h1-9,11,13,22H,10,12,15H2,(H,24,26)/t22-/m0/s1. The Labute approximate surface area is 162 Å². The van der Waals surface area contributed by atoms with Crippen molar-refractivity contribution in [3.8, 4) is 6.07 Å². The summed E-state index contributed by atoms with van der Waals surface area (Å²) >= 11 is 1.79. The van der Waals surface area contributed by atoms with Gasteiger partial charge in [0.2, 0.25) is 5.91 Å². The first-order valence-corrected chi connectivity index (χ1v) is 9.78. The summed E-state index contributed by atoms with van der Waals surface area (Å²) in [4.78, 5) is 16.3. The van der Waals surface area contributed by atoms with Crippen molar-refractivity contribution in [2.24, 2.45) is 0 Å². The number of nitrogens with zero attached hydrogens (tertiary/aromatic N) is 2. The molecular formula is C22H19N3OS. The van der Waals surface area contributed by atoms with E-state index < -0.39 is 0 Å². The molecule has 0 saturated heterocycles. The van der Waals surface area contributed by atoms with Crippen LogP contribution < -0.4 is 5.32 Å². The zero-order valence-corrected chi connectivity index (χ0v) is 15.6. The van der Waals surface area contributed by atoms with Gasteiger partial charge in [0.25, 0.3) is 0 Å². The van der Waals surface area contributed by atoms with Gasteiger partial charge in [-0.3, -0.25) is 9.69 Å². The summed E-state index contributed by atoms with van der Waals surface area (Å²) in [6.45, 7) is 1.12.